The zero-order chi connectivity index (χ0) is 12.2. The van der Waals surface area contributed by atoms with E-state index in [0.717, 1.165) is 12.5 Å². The minimum absolute atomic E-state index is 0.325. The molecule has 1 atom stereocenters. The van der Waals surface area contributed by atoms with Gasteiger partial charge in [-0.15, -0.1) is 0 Å². The first kappa shape index (κ1) is 13.7. The van der Waals surface area contributed by atoms with Crippen LogP contribution in [-0.4, -0.2) is 25.5 Å². The third kappa shape index (κ3) is 4.25. The van der Waals surface area contributed by atoms with Crippen molar-refractivity contribution < 1.29 is 4.74 Å². The Morgan fingerprint density at radius 2 is 1.88 bits per heavy atom. The van der Waals surface area contributed by atoms with Crippen LogP contribution >= 0.6 is 0 Å². The van der Waals surface area contributed by atoms with E-state index in [1.807, 2.05) is 0 Å². The first-order valence-corrected chi connectivity index (χ1v) is 6.48. The summed E-state index contributed by atoms with van der Waals surface area (Å²) in [6.07, 6.45) is 5.00. The number of hydrogen-bond donors (Lipinski definition) is 0. The Labute approximate surface area is 100 Å². The molecular weight excluding hydrogens is 198 g/mol. The molecule has 2 heteroatoms. The van der Waals surface area contributed by atoms with Gasteiger partial charge < -0.3 is 4.74 Å². The second kappa shape index (κ2) is 5.81. The Kier molecular flexibility index (Phi) is 4.97. The highest BCUT2D eigenvalue weighted by atomic mass is 16.5. The number of hydrogen-bond acceptors (Lipinski definition) is 2. The van der Waals surface area contributed by atoms with Crippen LogP contribution in [0.2, 0.25) is 0 Å². The normalized spacial score (nSPS) is 24.3. The van der Waals surface area contributed by atoms with Gasteiger partial charge in [-0.05, 0) is 43.9 Å². The highest BCUT2D eigenvalue weighted by Crippen LogP contribution is 2.36. The van der Waals surface area contributed by atoms with E-state index in [0.29, 0.717) is 11.5 Å². The zero-order valence-corrected chi connectivity index (χ0v) is 11.5. The first-order chi connectivity index (χ1) is 7.43. The van der Waals surface area contributed by atoms with Crippen LogP contribution in [-0.2, 0) is 4.74 Å². The summed E-state index contributed by atoms with van der Waals surface area (Å²) in [6.45, 7) is 9.94. The lowest BCUT2D eigenvalue weighted by Crippen LogP contribution is -2.26. The Morgan fingerprint density at radius 1 is 1.31 bits per heavy atom. The Hall–Kier alpha value is -0.370. The van der Waals surface area contributed by atoms with Crippen molar-refractivity contribution in [1.29, 1.82) is 0 Å². The summed E-state index contributed by atoms with van der Waals surface area (Å²) in [5.41, 5.74) is 1.87. The highest BCUT2D eigenvalue weighted by molar-refractivity contribution is 5.85. The standard InChI is InChI=1S/C14H27NO/c1-11(10-16-5)15-13-8-6-12(7-9-13)14(2,3)4/h11-12H,6-10H2,1-5H3/t11-,12?/m0/s1. The van der Waals surface area contributed by atoms with Gasteiger partial charge >= 0.3 is 0 Å². The lowest BCUT2D eigenvalue weighted by molar-refractivity contribution is 0.184. The summed E-state index contributed by atoms with van der Waals surface area (Å²) in [5.74, 6) is 0.865. The van der Waals surface area contributed by atoms with Crippen molar-refractivity contribution in [3.8, 4) is 0 Å². The van der Waals surface area contributed by atoms with Crippen molar-refractivity contribution >= 4 is 5.71 Å². The molecule has 0 heterocycles. The van der Waals surface area contributed by atoms with Crippen molar-refractivity contribution in [2.75, 3.05) is 13.7 Å². The molecule has 0 aromatic heterocycles. The quantitative estimate of drug-likeness (QED) is 0.717. The van der Waals surface area contributed by atoms with Crippen LogP contribution < -0.4 is 0 Å². The van der Waals surface area contributed by atoms with E-state index >= 15 is 0 Å². The fourth-order valence-electron chi connectivity index (χ4n) is 2.54. The van der Waals surface area contributed by atoms with Gasteiger partial charge in [0, 0.05) is 12.8 Å². The van der Waals surface area contributed by atoms with Crippen LogP contribution in [0.4, 0.5) is 0 Å². The van der Waals surface area contributed by atoms with Crippen molar-refractivity contribution in [2.45, 2.75) is 59.4 Å². The largest absolute Gasteiger partial charge is 0.382 e. The van der Waals surface area contributed by atoms with Crippen molar-refractivity contribution in [3.05, 3.63) is 0 Å². The molecule has 1 aliphatic carbocycles. The van der Waals surface area contributed by atoms with E-state index in [4.69, 9.17) is 9.73 Å². The van der Waals surface area contributed by atoms with E-state index in [2.05, 4.69) is 27.7 Å². The minimum Gasteiger partial charge on any atom is -0.382 e. The number of rotatable bonds is 3. The number of nitrogens with zero attached hydrogens (tertiary/aromatic N) is 1. The summed E-state index contributed by atoms with van der Waals surface area (Å²) in [6, 6.07) is 0.325. The Morgan fingerprint density at radius 3 is 2.31 bits per heavy atom. The first-order valence-electron chi connectivity index (χ1n) is 6.48. The SMILES string of the molecule is COC[C@H](C)N=C1CCC(C(C)(C)C)CC1. The molecule has 1 rings (SSSR count). The summed E-state index contributed by atoms with van der Waals surface area (Å²) in [5, 5.41) is 0. The lowest BCUT2D eigenvalue weighted by atomic mass is 9.72. The molecule has 1 fully saturated rings. The molecule has 16 heavy (non-hydrogen) atoms. The molecule has 1 saturated carbocycles. The molecule has 1 aliphatic rings. The monoisotopic (exact) mass is 225 g/mol. The lowest BCUT2D eigenvalue weighted by Gasteiger charge is -2.34. The van der Waals surface area contributed by atoms with Crippen LogP contribution in [0, 0.1) is 11.3 Å². The third-order valence-electron chi connectivity index (χ3n) is 3.60. The second-order valence-electron chi connectivity index (χ2n) is 6.14. The van der Waals surface area contributed by atoms with Crippen LogP contribution in [0.3, 0.4) is 0 Å². The average molecular weight is 225 g/mol. The van der Waals surface area contributed by atoms with Gasteiger partial charge in [-0.25, -0.2) is 0 Å². The molecule has 0 bridgehead atoms. The van der Waals surface area contributed by atoms with Gasteiger partial charge in [0.1, 0.15) is 0 Å². The predicted octanol–water partition coefficient (Wildman–Crippen LogP) is 3.70. The van der Waals surface area contributed by atoms with E-state index in [1.165, 1.54) is 31.4 Å². The van der Waals surface area contributed by atoms with Crippen molar-refractivity contribution in [1.82, 2.24) is 0 Å². The van der Waals surface area contributed by atoms with Gasteiger partial charge in [0.25, 0.3) is 0 Å². The van der Waals surface area contributed by atoms with E-state index in [9.17, 15) is 0 Å². The van der Waals surface area contributed by atoms with Gasteiger partial charge in [0.05, 0.1) is 12.6 Å². The Balaban J connectivity index is 2.43. The maximum absolute atomic E-state index is 5.11. The van der Waals surface area contributed by atoms with Gasteiger partial charge in [-0.2, -0.15) is 0 Å². The van der Waals surface area contributed by atoms with Gasteiger partial charge in [0.2, 0.25) is 0 Å². The second-order valence-corrected chi connectivity index (χ2v) is 6.14. The van der Waals surface area contributed by atoms with Gasteiger partial charge in [-0.1, -0.05) is 20.8 Å². The van der Waals surface area contributed by atoms with Crippen molar-refractivity contribution in [2.24, 2.45) is 16.3 Å². The molecule has 2 nitrogen and oxygen atoms in total. The van der Waals surface area contributed by atoms with Crippen LogP contribution in [0.1, 0.15) is 53.4 Å². The van der Waals surface area contributed by atoms with Gasteiger partial charge in [-0.3, -0.25) is 4.99 Å². The summed E-state index contributed by atoms with van der Waals surface area (Å²) >= 11 is 0. The summed E-state index contributed by atoms with van der Waals surface area (Å²) in [7, 11) is 1.74. The number of aliphatic imine (C=N–C) groups is 1. The number of methoxy groups -OCH3 is 1. The minimum atomic E-state index is 0.325. The van der Waals surface area contributed by atoms with Gasteiger partial charge in [0.15, 0.2) is 0 Å². The topological polar surface area (TPSA) is 21.6 Å². The molecule has 0 N–H and O–H groups in total. The maximum Gasteiger partial charge on any atom is 0.0704 e. The fraction of sp³-hybridized carbons (Fsp3) is 0.929. The Bertz CT molecular complexity index is 230. The van der Waals surface area contributed by atoms with E-state index in [-0.39, 0.29) is 0 Å². The van der Waals surface area contributed by atoms with Crippen molar-refractivity contribution in [3.63, 3.8) is 0 Å². The fourth-order valence-corrected chi connectivity index (χ4v) is 2.54. The predicted molar refractivity (Wildman–Crippen MR) is 70.2 cm³/mol. The third-order valence-corrected chi connectivity index (χ3v) is 3.60. The van der Waals surface area contributed by atoms with E-state index in [1.54, 1.807) is 7.11 Å². The molecule has 0 aromatic rings. The maximum atomic E-state index is 5.11. The van der Waals surface area contributed by atoms with Crippen LogP contribution in [0.5, 0.6) is 0 Å². The van der Waals surface area contributed by atoms with E-state index < -0.39 is 0 Å². The smallest absolute Gasteiger partial charge is 0.0704 e. The molecule has 0 unspecified atom stereocenters. The van der Waals surface area contributed by atoms with Crippen LogP contribution in [0.15, 0.2) is 4.99 Å². The molecule has 0 aliphatic heterocycles. The summed E-state index contributed by atoms with van der Waals surface area (Å²) in [4.78, 5) is 4.73. The highest BCUT2D eigenvalue weighted by Gasteiger charge is 2.27. The zero-order valence-electron chi connectivity index (χ0n) is 11.5. The summed E-state index contributed by atoms with van der Waals surface area (Å²) < 4.78 is 5.11. The average Bonchev–Trinajstić information content (AvgIpc) is 2.17. The molecular formula is C14H27NO. The molecule has 94 valence electrons. The molecule has 0 saturated heterocycles. The molecule has 0 aromatic carbocycles. The molecule has 0 amide bonds. The number of ether oxygens (including phenoxy) is 1. The molecule has 0 spiro atoms. The molecule has 0 radical (unpaired) electrons. The van der Waals surface area contributed by atoms with Crippen LogP contribution in [0.25, 0.3) is 0 Å².